The minimum atomic E-state index is 0.227. The maximum atomic E-state index is 8.83. The van der Waals surface area contributed by atoms with E-state index in [2.05, 4.69) is 26.2 Å². The molecule has 0 radical (unpaired) electrons. The van der Waals surface area contributed by atoms with Crippen LogP contribution in [0.3, 0.4) is 0 Å². The zero-order valence-corrected chi connectivity index (χ0v) is 10.4. The van der Waals surface area contributed by atoms with Gasteiger partial charge in [-0.2, -0.15) is 5.26 Å². The predicted molar refractivity (Wildman–Crippen MR) is 70.8 cm³/mol. The Balaban J connectivity index is 2.28. The summed E-state index contributed by atoms with van der Waals surface area (Å²) in [6, 6.07) is 13.0. The zero-order chi connectivity index (χ0) is 12.3. The molecular formula is C12H9BrN4. The zero-order valence-electron chi connectivity index (χ0n) is 8.81. The molecule has 2 rings (SSSR count). The third-order valence-electron chi connectivity index (χ3n) is 2.13. The van der Waals surface area contributed by atoms with Gasteiger partial charge in [0.15, 0.2) is 5.69 Å². The van der Waals surface area contributed by atoms with E-state index in [1.54, 1.807) is 12.1 Å². The van der Waals surface area contributed by atoms with Crippen molar-refractivity contribution in [2.45, 2.75) is 0 Å². The van der Waals surface area contributed by atoms with E-state index in [1.807, 2.05) is 30.3 Å². The van der Waals surface area contributed by atoms with Crippen molar-refractivity contribution < 1.29 is 0 Å². The van der Waals surface area contributed by atoms with Crippen molar-refractivity contribution in [3.8, 4) is 6.07 Å². The minimum Gasteiger partial charge on any atom is -0.396 e. The summed E-state index contributed by atoms with van der Waals surface area (Å²) in [5.41, 5.74) is 7.10. The quantitative estimate of drug-likeness (QED) is 0.891. The first kappa shape index (κ1) is 11.4. The number of pyridine rings is 1. The predicted octanol–water partition coefficient (Wildman–Crippen LogP) is 3.04. The first-order valence-electron chi connectivity index (χ1n) is 4.88. The van der Waals surface area contributed by atoms with Gasteiger partial charge < -0.3 is 11.1 Å². The Labute approximate surface area is 107 Å². The number of nitrogens with one attached hydrogen (secondary N) is 1. The van der Waals surface area contributed by atoms with Crippen molar-refractivity contribution in [2.24, 2.45) is 0 Å². The maximum Gasteiger partial charge on any atom is 0.165 e. The second kappa shape index (κ2) is 4.85. The molecule has 5 heteroatoms. The topological polar surface area (TPSA) is 74.7 Å². The van der Waals surface area contributed by atoms with Crippen LogP contribution in [0.25, 0.3) is 0 Å². The molecule has 1 aromatic heterocycles. The van der Waals surface area contributed by atoms with Crippen LogP contribution in [0.15, 0.2) is 40.9 Å². The molecule has 0 fully saturated rings. The van der Waals surface area contributed by atoms with Crippen LogP contribution in [0.1, 0.15) is 5.69 Å². The van der Waals surface area contributed by atoms with Crippen molar-refractivity contribution in [3.63, 3.8) is 0 Å². The maximum absolute atomic E-state index is 8.83. The van der Waals surface area contributed by atoms with Crippen LogP contribution in [0.4, 0.5) is 17.2 Å². The Morgan fingerprint density at radius 2 is 2.12 bits per heavy atom. The minimum absolute atomic E-state index is 0.227. The highest BCUT2D eigenvalue weighted by Gasteiger charge is 2.02. The van der Waals surface area contributed by atoms with Crippen LogP contribution < -0.4 is 11.1 Å². The molecule has 0 atom stereocenters. The molecule has 3 N–H and O–H groups in total. The van der Waals surface area contributed by atoms with Gasteiger partial charge in [0.05, 0.1) is 5.69 Å². The van der Waals surface area contributed by atoms with Crippen molar-refractivity contribution in [1.82, 2.24) is 4.98 Å². The lowest BCUT2D eigenvalue weighted by atomic mass is 10.3. The standard InChI is InChI=1S/C12H9BrN4/c13-8-2-1-3-9(6-8)16-12-5-4-10(15)11(7-14)17-12/h1-6H,15H2,(H,16,17). The molecular weight excluding hydrogens is 280 g/mol. The highest BCUT2D eigenvalue weighted by molar-refractivity contribution is 9.10. The number of nitrogens with two attached hydrogens (primary N) is 1. The fourth-order valence-corrected chi connectivity index (χ4v) is 1.74. The lowest BCUT2D eigenvalue weighted by Crippen LogP contribution is -1.98. The number of nitrogen functional groups attached to an aromatic ring is 1. The molecule has 17 heavy (non-hydrogen) atoms. The molecule has 0 aliphatic heterocycles. The highest BCUT2D eigenvalue weighted by atomic mass is 79.9. The van der Waals surface area contributed by atoms with Crippen LogP contribution >= 0.6 is 15.9 Å². The molecule has 0 saturated heterocycles. The molecule has 1 heterocycles. The monoisotopic (exact) mass is 288 g/mol. The van der Waals surface area contributed by atoms with Gasteiger partial charge in [0, 0.05) is 10.2 Å². The average molecular weight is 289 g/mol. The summed E-state index contributed by atoms with van der Waals surface area (Å²) in [6.07, 6.45) is 0. The molecule has 1 aromatic carbocycles. The van der Waals surface area contributed by atoms with Crippen molar-refractivity contribution in [2.75, 3.05) is 11.1 Å². The highest BCUT2D eigenvalue weighted by Crippen LogP contribution is 2.20. The van der Waals surface area contributed by atoms with E-state index in [0.717, 1.165) is 10.2 Å². The van der Waals surface area contributed by atoms with E-state index in [4.69, 9.17) is 11.0 Å². The number of hydrogen-bond acceptors (Lipinski definition) is 4. The molecule has 4 nitrogen and oxygen atoms in total. The third kappa shape index (κ3) is 2.74. The number of nitriles is 1. The number of rotatable bonds is 2. The van der Waals surface area contributed by atoms with Crippen LogP contribution in [0.5, 0.6) is 0 Å². The number of hydrogen-bond donors (Lipinski definition) is 2. The number of aromatic nitrogens is 1. The number of halogens is 1. The Kier molecular flexibility index (Phi) is 3.26. The molecule has 0 aliphatic rings. The Morgan fingerprint density at radius 3 is 2.82 bits per heavy atom. The molecule has 0 amide bonds. The van der Waals surface area contributed by atoms with Crippen LogP contribution in [-0.2, 0) is 0 Å². The second-order valence-electron chi connectivity index (χ2n) is 3.38. The lowest BCUT2D eigenvalue weighted by molar-refractivity contribution is 1.26. The van der Waals surface area contributed by atoms with Crippen molar-refractivity contribution >= 4 is 33.1 Å². The molecule has 2 aromatic rings. The van der Waals surface area contributed by atoms with E-state index in [1.165, 1.54) is 0 Å². The van der Waals surface area contributed by atoms with Crippen LogP contribution in [0, 0.1) is 11.3 Å². The fraction of sp³-hybridized carbons (Fsp3) is 0. The van der Waals surface area contributed by atoms with Gasteiger partial charge in [0.25, 0.3) is 0 Å². The van der Waals surface area contributed by atoms with Gasteiger partial charge in [-0.05, 0) is 30.3 Å². The number of nitrogens with zero attached hydrogens (tertiary/aromatic N) is 2. The summed E-state index contributed by atoms with van der Waals surface area (Å²) in [4.78, 5) is 4.10. The van der Waals surface area contributed by atoms with Gasteiger partial charge in [0.1, 0.15) is 11.9 Å². The molecule has 84 valence electrons. The molecule has 0 bridgehead atoms. The van der Waals surface area contributed by atoms with Crippen LogP contribution in [0.2, 0.25) is 0 Å². The van der Waals surface area contributed by atoms with Gasteiger partial charge in [0.2, 0.25) is 0 Å². The summed E-state index contributed by atoms with van der Waals surface area (Å²) in [5, 5.41) is 11.9. The smallest absolute Gasteiger partial charge is 0.165 e. The molecule has 0 saturated carbocycles. The van der Waals surface area contributed by atoms with E-state index < -0.39 is 0 Å². The normalized spacial score (nSPS) is 9.65. The van der Waals surface area contributed by atoms with E-state index in [0.29, 0.717) is 11.5 Å². The molecule has 0 spiro atoms. The largest absolute Gasteiger partial charge is 0.396 e. The van der Waals surface area contributed by atoms with E-state index in [-0.39, 0.29) is 5.69 Å². The summed E-state index contributed by atoms with van der Waals surface area (Å²) in [6.45, 7) is 0. The Bertz CT molecular complexity index is 589. The number of anilines is 3. The van der Waals surface area contributed by atoms with Gasteiger partial charge in [-0.15, -0.1) is 0 Å². The second-order valence-corrected chi connectivity index (χ2v) is 4.30. The SMILES string of the molecule is N#Cc1nc(Nc2cccc(Br)c2)ccc1N. The lowest BCUT2D eigenvalue weighted by Gasteiger charge is -2.06. The van der Waals surface area contributed by atoms with Gasteiger partial charge in [-0.25, -0.2) is 4.98 Å². The van der Waals surface area contributed by atoms with Crippen molar-refractivity contribution in [1.29, 1.82) is 5.26 Å². The van der Waals surface area contributed by atoms with Gasteiger partial charge in [-0.1, -0.05) is 22.0 Å². The first-order valence-corrected chi connectivity index (χ1v) is 5.67. The van der Waals surface area contributed by atoms with Gasteiger partial charge in [-0.3, -0.25) is 0 Å². The van der Waals surface area contributed by atoms with E-state index >= 15 is 0 Å². The summed E-state index contributed by atoms with van der Waals surface area (Å²) in [5.74, 6) is 0.592. The van der Waals surface area contributed by atoms with Crippen LogP contribution in [-0.4, -0.2) is 4.98 Å². The molecule has 0 aliphatic carbocycles. The Hall–Kier alpha value is -2.06. The van der Waals surface area contributed by atoms with Crippen molar-refractivity contribution in [3.05, 3.63) is 46.6 Å². The van der Waals surface area contributed by atoms with Gasteiger partial charge >= 0.3 is 0 Å². The fourth-order valence-electron chi connectivity index (χ4n) is 1.34. The molecule has 0 unspecified atom stereocenters. The first-order chi connectivity index (χ1) is 8.19. The summed E-state index contributed by atoms with van der Waals surface area (Å²) < 4.78 is 0.971. The average Bonchev–Trinajstić information content (AvgIpc) is 2.32. The Morgan fingerprint density at radius 1 is 1.29 bits per heavy atom. The summed E-state index contributed by atoms with van der Waals surface area (Å²) in [7, 11) is 0. The third-order valence-corrected chi connectivity index (χ3v) is 2.62. The number of benzene rings is 1. The summed E-state index contributed by atoms with van der Waals surface area (Å²) >= 11 is 3.38. The van der Waals surface area contributed by atoms with E-state index in [9.17, 15) is 0 Å².